The SMILES string of the molecule is CC(C)C(CN)CNCC1CCCN(C(=O)OC(C)(C)C)C1. The Morgan fingerprint density at radius 1 is 1.41 bits per heavy atom. The molecule has 1 aliphatic heterocycles. The van der Waals surface area contributed by atoms with Crippen LogP contribution in [0.25, 0.3) is 0 Å². The normalized spacial score (nSPS) is 21.0. The molecule has 0 aromatic carbocycles. The molecule has 1 saturated heterocycles. The average Bonchev–Trinajstić information content (AvgIpc) is 2.41. The highest BCUT2D eigenvalue weighted by Crippen LogP contribution is 2.19. The maximum absolute atomic E-state index is 12.1. The standard InChI is InChI=1S/C17H35N3O2/c1-13(2)15(9-18)11-19-10-14-7-6-8-20(12-14)16(21)22-17(3,4)5/h13-15,19H,6-12,18H2,1-5H3. The first kappa shape index (κ1) is 19.2. The lowest BCUT2D eigenvalue weighted by Crippen LogP contribution is -2.45. The number of hydrogen-bond acceptors (Lipinski definition) is 4. The molecule has 2 atom stereocenters. The zero-order chi connectivity index (χ0) is 16.8. The van der Waals surface area contributed by atoms with E-state index in [9.17, 15) is 4.79 Å². The van der Waals surface area contributed by atoms with Crippen molar-refractivity contribution in [2.24, 2.45) is 23.5 Å². The van der Waals surface area contributed by atoms with E-state index in [1.807, 2.05) is 25.7 Å². The quantitative estimate of drug-likeness (QED) is 0.790. The van der Waals surface area contributed by atoms with Crippen molar-refractivity contribution in [3.63, 3.8) is 0 Å². The Bertz CT molecular complexity index is 339. The zero-order valence-corrected chi connectivity index (χ0v) is 15.0. The number of hydrogen-bond donors (Lipinski definition) is 2. The fraction of sp³-hybridized carbons (Fsp3) is 0.941. The van der Waals surface area contributed by atoms with Gasteiger partial charge in [-0.3, -0.25) is 0 Å². The third-order valence-corrected chi connectivity index (χ3v) is 4.26. The first-order valence-corrected chi connectivity index (χ1v) is 8.61. The van der Waals surface area contributed by atoms with E-state index in [1.165, 1.54) is 6.42 Å². The molecule has 3 N–H and O–H groups in total. The van der Waals surface area contributed by atoms with Gasteiger partial charge in [-0.1, -0.05) is 13.8 Å². The minimum Gasteiger partial charge on any atom is -0.444 e. The molecule has 1 amide bonds. The van der Waals surface area contributed by atoms with Gasteiger partial charge in [0.1, 0.15) is 5.60 Å². The summed E-state index contributed by atoms with van der Waals surface area (Å²) in [6.45, 7) is 14.4. The smallest absolute Gasteiger partial charge is 0.410 e. The van der Waals surface area contributed by atoms with Crippen LogP contribution in [0.1, 0.15) is 47.5 Å². The van der Waals surface area contributed by atoms with Crippen LogP contribution in [0.2, 0.25) is 0 Å². The molecule has 5 heteroatoms. The largest absolute Gasteiger partial charge is 0.444 e. The van der Waals surface area contributed by atoms with Gasteiger partial charge in [-0.25, -0.2) is 4.79 Å². The van der Waals surface area contributed by atoms with Gasteiger partial charge in [0, 0.05) is 13.1 Å². The van der Waals surface area contributed by atoms with Gasteiger partial charge in [0.15, 0.2) is 0 Å². The highest BCUT2D eigenvalue weighted by molar-refractivity contribution is 5.68. The van der Waals surface area contributed by atoms with Crippen LogP contribution in [-0.4, -0.2) is 49.3 Å². The van der Waals surface area contributed by atoms with Crippen LogP contribution in [0.15, 0.2) is 0 Å². The molecule has 1 fully saturated rings. The maximum atomic E-state index is 12.1. The van der Waals surface area contributed by atoms with Gasteiger partial charge in [-0.05, 0) is 71.0 Å². The van der Waals surface area contributed by atoms with Crippen molar-refractivity contribution in [2.45, 2.75) is 53.1 Å². The van der Waals surface area contributed by atoms with Crippen molar-refractivity contribution < 1.29 is 9.53 Å². The highest BCUT2D eigenvalue weighted by atomic mass is 16.6. The minimum absolute atomic E-state index is 0.181. The van der Waals surface area contributed by atoms with Crippen molar-refractivity contribution >= 4 is 6.09 Å². The van der Waals surface area contributed by atoms with E-state index >= 15 is 0 Å². The fourth-order valence-corrected chi connectivity index (χ4v) is 2.79. The maximum Gasteiger partial charge on any atom is 0.410 e. The van der Waals surface area contributed by atoms with Gasteiger partial charge in [0.2, 0.25) is 0 Å². The first-order valence-electron chi connectivity index (χ1n) is 8.61. The van der Waals surface area contributed by atoms with Gasteiger partial charge < -0.3 is 20.7 Å². The van der Waals surface area contributed by atoms with Crippen molar-refractivity contribution in [2.75, 3.05) is 32.7 Å². The van der Waals surface area contributed by atoms with Crippen molar-refractivity contribution in [1.29, 1.82) is 0 Å². The molecule has 130 valence electrons. The van der Waals surface area contributed by atoms with E-state index in [-0.39, 0.29) is 6.09 Å². The molecule has 1 rings (SSSR count). The Morgan fingerprint density at radius 3 is 2.64 bits per heavy atom. The molecular formula is C17H35N3O2. The third-order valence-electron chi connectivity index (χ3n) is 4.26. The van der Waals surface area contributed by atoms with Gasteiger partial charge in [0.25, 0.3) is 0 Å². The van der Waals surface area contributed by atoms with Crippen LogP contribution < -0.4 is 11.1 Å². The second kappa shape index (κ2) is 8.73. The van der Waals surface area contributed by atoms with Crippen LogP contribution in [-0.2, 0) is 4.74 Å². The van der Waals surface area contributed by atoms with Crippen LogP contribution in [0.5, 0.6) is 0 Å². The van der Waals surface area contributed by atoms with Crippen LogP contribution in [0.3, 0.4) is 0 Å². The van der Waals surface area contributed by atoms with E-state index in [4.69, 9.17) is 10.5 Å². The van der Waals surface area contributed by atoms with E-state index in [1.54, 1.807) is 0 Å². The molecule has 0 bridgehead atoms. The van der Waals surface area contributed by atoms with Gasteiger partial charge in [-0.2, -0.15) is 0 Å². The van der Waals surface area contributed by atoms with E-state index in [0.29, 0.717) is 17.8 Å². The Morgan fingerprint density at radius 2 is 2.09 bits per heavy atom. The summed E-state index contributed by atoms with van der Waals surface area (Å²) in [4.78, 5) is 14.0. The molecule has 0 saturated carbocycles. The number of carbonyl (C=O) groups is 1. The molecule has 0 aromatic rings. The second-order valence-electron chi connectivity index (χ2n) is 7.83. The minimum atomic E-state index is -0.423. The van der Waals surface area contributed by atoms with E-state index in [2.05, 4.69) is 19.2 Å². The summed E-state index contributed by atoms with van der Waals surface area (Å²) in [7, 11) is 0. The lowest BCUT2D eigenvalue weighted by Gasteiger charge is -2.34. The molecule has 22 heavy (non-hydrogen) atoms. The van der Waals surface area contributed by atoms with Crippen molar-refractivity contribution in [1.82, 2.24) is 10.2 Å². The fourth-order valence-electron chi connectivity index (χ4n) is 2.79. The number of carbonyl (C=O) groups excluding carboxylic acids is 1. The number of nitrogens with two attached hydrogens (primary N) is 1. The molecule has 1 heterocycles. The summed E-state index contributed by atoms with van der Waals surface area (Å²) in [6, 6.07) is 0. The number of nitrogens with zero attached hydrogens (tertiary/aromatic N) is 1. The van der Waals surface area contributed by atoms with Crippen LogP contribution >= 0.6 is 0 Å². The molecular weight excluding hydrogens is 278 g/mol. The summed E-state index contributed by atoms with van der Waals surface area (Å²) < 4.78 is 5.47. The molecule has 5 nitrogen and oxygen atoms in total. The van der Waals surface area contributed by atoms with Crippen molar-refractivity contribution in [3.8, 4) is 0 Å². The Balaban J connectivity index is 2.36. The zero-order valence-electron chi connectivity index (χ0n) is 15.0. The van der Waals surface area contributed by atoms with E-state index < -0.39 is 5.60 Å². The Labute approximate surface area is 135 Å². The molecule has 0 aliphatic carbocycles. The molecule has 1 aliphatic rings. The van der Waals surface area contributed by atoms with Crippen LogP contribution in [0, 0.1) is 17.8 Å². The lowest BCUT2D eigenvalue weighted by atomic mass is 9.95. The number of piperidine rings is 1. The number of likely N-dealkylation sites (tertiary alicyclic amines) is 1. The molecule has 0 aromatic heterocycles. The second-order valence-corrected chi connectivity index (χ2v) is 7.83. The first-order chi connectivity index (χ1) is 10.2. The van der Waals surface area contributed by atoms with Crippen LogP contribution in [0.4, 0.5) is 4.79 Å². The summed E-state index contributed by atoms with van der Waals surface area (Å²) in [5.41, 5.74) is 5.38. The Kier molecular flexibility index (Phi) is 7.63. The van der Waals surface area contributed by atoms with Gasteiger partial charge >= 0.3 is 6.09 Å². The number of amides is 1. The molecule has 0 radical (unpaired) electrons. The topological polar surface area (TPSA) is 67.6 Å². The summed E-state index contributed by atoms with van der Waals surface area (Å²) in [5.74, 6) is 1.62. The lowest BCUT2D eigenvalue weighted by molar-refractivity contribution is 0.0166. The molecule has 0 spiro atoms. The average molecular weight is 313 g/mol. The summed E-state index contributed by atoms with van der Waals surface area (Å²) >= 11 is 0. The predicted molar refractivity (Wildman–Crippen MR) is 90.8 cm³/mol. The van der Waals surface area contributed by atoms with Gasteiger partial charge in [-0.15, -0.1) is 0 Å². The Hall–Kier alpha value is -0.810. The van der Waals surface area contributed by atoms with Crippen molar-refractivity contribution in [3.05, 3.63) is 0 Å². The number of nitrogens with one attached hydrogen (secondary N) is 1. The number of ether oxygens (including phenoxy) is 1. The number of rotatable bonds is 6. The summed E-state index contributed by atoms with van der Waals surface area (Å²) in [6.07, 6.45) is 2.04. The third kappa shape index (κ3) is 6.97. The monoisotopic (exact) mass is 313 g/mol. The van der Waals surface area contributed by atoms with Gasteiger partial charge in [0.05, 0.1) is 0 Å². The predicted octanol–water partition coefficient (Wildman–Crippen LogP) is 2.45. The highest BCUT2D eigenvalue weighted by Gasteiger charge is 2.27. The molecule has 2 unspecified atom stereocenters. The summed E-state index contributed by atoms with van der Waals surface area (Å²) in [5, 5.41) is 3.54. The van der Waals surface area contributed by atoms with E-state index in [0.717, 1.165) is 39.1 Å².